The summed E-state index contributed by atoms with van der Waals surface area (Å²) in [5, 5.41) is 16.5. The minimum Gasteiger partial charge on any atom is -0.411 e. The summed E-state index contributed by atoms with van der Waals surface area (Å²) in [7, 11) is 0. The first-order valence-electron chi connectivity index (χ1n) is 9.78. The largest absolute Gasteiger partial charge is 0.411 e. The number of thiazole rings is 2. The summed E-state index contributed by atoms with van der Waals surface area (Å²) in [6, 6.07) is 0. The monoisotopic (exact) mass is 480 g/mol. The van der Waals surface area contributed by atoms with E-state index in [-0.39, 0.29) is 10.8 Å². The molecule has 8 nitrogen and oxygen atoms in total. The van der Waals surface area contributed by atoms with Gasteiger partial charge >= 0.3 is 17.1 Å². The van der Waals surface area contributed by atoms with Gasteiger partial charge in [0.15, 0.2) is 0 Å². The summed E-state index contributed by atoms with van der Waals surface area (Å²) in [6.45, 7) is 22.2. The van der Waals surface area contributed by atoms with Gasteiger partial charge in [-0.15, -0.1) is 27.7 Å². The summed E-state index contributed by atoms with van der Waals surface area (Å²) in [6.07, 6.45) is 3.25. The van der Waals surface area contributed by atoms with Crippen molar-refractivity contribution in [2.24, 2.45) is 16.0 Å². The molecule has 0 amide bonds. The van der Waals surface area contributed by atoms with Crippen molar-refractivity contribution in [3.05, 3.63) is 38.6 Å². The fourth-order valence-corrected chi connectivity index (χ4v) is 3.50. The molecule has 2 rings (SSSR count). The van der Waals surface area contributed by atoms with Crippen molar-refractivity contribution in [2.45, 2.75) is 68.2 Å². The normalized spacial score (nSPS) is 11.0. The van der Waals surface area contributed by atoms with E-state index in [1.165, 1.54) is 42.7 Å². The molecule has 0 radical (unpaired) electrons. The second-order valence-corrected chi connectivity index (χ2v) is 10.9. The standard InChI is InChI=1S/C9H14N2OS.C9H12N2S.C4H6O3/c1-9(2,3)4-7-6-13-8(11-7)5-10-12;1-9(2,3)5-7-6-12-8(10-4)11-7;1-3(5)7-4(2)6/h5-6,12H,4H2,1-3H3;6H,5H2,1-3H3;1-2H3/b10-5-;;. The average molecular weight is 481 g/mol. The molecule has 1 N–H and O–H groups in total. The Hall–Kier alpha value is -2.64. The average Bonchev–Trinajstić information content (AvgIpc) is 3.21. The van der Waals surface area contributed by atoms with Crippen LogP contribution in [0.1, 0.15) is 71.8 Å². The number of carbonyl (C=O) groups excluding carboxylic acids is 2. The molecule has 2 heterocycles. The summed E-state index contributed by atoms with van der Waals surface area (Å²) >= 11 is 2.92. The molecule has 0 aliphatic heterocycles. The Morgan fingerprint density at radius 1 is 1.03 bits per heavy atom. The molecule has 0 saturated carbocycles. The number of aromatic nitrogens is 2. The number of esters is 2. The van der Waals surface area contributed by atoms with Gasteiger partial charge in [-0.05, 0) is 17.3 Å². The van der Waals surface area contributed by atoms with Crippen LogP contribution in [0.2, 0.25) is 0 Å². The lowest BCUT2D eigenvalue weighted by atomic mass is 9.91. The number of oxime groups is 1. The fourth-order valence-electron chi connectivity index (χ4n) is 2.23. The summed E-state index contributed by atoms with van der Waals surface area (Å²) in [5.41, 5.74) is 2.61. The molecule has 0 aliphatic carbocycles. The fraction of sp³-hybridized carbons (Fsp3) is 0.545. The first-order chi connectivity index (χ1) is 14.6. The number of hydrogen-bond donors (Lipinski definition) is 1. The number of carbonyl (C=O) groups is 2. The highest BCUT2D eigenvalue weighted by Crippen LogP contribution is 2.25. The number of ether oxygens (including phenoxy) is 1. The van der Waals surface area contributed by atoms with Crippen LogP contribution in [0.5, 0.6) is 0 Å². The molecule has 2 aromatic heterocycles. The SMILES string of the molecule is CC(=O)OC(C)=O.CC(C)(C)Cc1csc(/C=N\O)n1.[C-]#[N+]c1nc(CC(C)(C)C)cs1. The van der Waals surface area contributed by atoms with E-state index < -0.39 is 11.9 Å². The summed E-state index contributed by atoms with van der Waals surface area (Å²) in [5.74, 6) is -1.12. The third-order valence-corrected chi connectivity index (χ3v) is 4.69. The van der Waals surface area contributed by atoms with E-state index in [4.69, 9.17) is 11.8 Å². The van der Waals surface area contributed by atoms with E-state index in [0.29, 0.717) is 5.13 Å². The second kappa shape index (κ2) is 13.7. The molecule has 0 atom stereocenters. The zero-order valence-corrected chi connectivity index (χ0v) is 21.6. The minimum atomic E-state index is -0.562. The smallest absolute Gasteiger partial charge is 0.329 e. The van der Waals surface area contributed by atoms with Gasteiger partial charge in [-0.1, -0.05) is 53.3 Å². The van der Waals surface area contributed by atoms with Crippen LogP contribution >= 0.6 is 22.7 Å². The molecule has 0 bridgehead atoms. The van der Waals surface area contributed by atoms with Gasteiger partial charge in [0.2, 0.25) is 0 Å². The van der Waals surface area contributed by atoms with Gasteiger partial charge in [0.1, 0.15) is 16.9 Å². The molecule has 0 saturated heterocycles. The Morgan fingerprint density at radius 3 is 1.84 bits per heavy atom. The lowest BCUT2D eigenvalue weighted by Gasteiger charge is -2.15. The van der Waals surface area contributed by atoms with Crippen molar-refractivity contribution in [3.8, 4) is 0 Å². The molecular weight excluding hydrogens is 448 g/mol. The summed E-state index contributed by atoms with van der Waals surface area (Å²) < 4.78 is 3.97. The lowest BCUT2D eigenvalue weighted by molar-refractivity contribution is -0.156. The highest BCUT2D eigenvalue weighted by Gasteiger charge is 2.16. The molecule has 2 aromatic rings. The van der Waals surface area contributed by atoms with E-state index in [9.17, 15) is 9.59 Å². The first kappa shape index (κ1) is 29.4. The van der Waals surface area contributed by atoms with E-state index in [1.807, 2.05) is 10.8 Å². The van der Waals surface area contributed by atoms with Crippen LogP contribution < -0.4 is 0 Å². The molecule has 32 heavy (non-hydrogen) atoms. The highest BCUT2D eigenvalue weighted by atomic mass is 32.1. The van der Waals surface area contributed by atoms with E-state index >= 15 is 0 Å². The van der Waals surface area contributed by atoms with Crippen molar-refractivity contribution < 1.29 is 19.5 Å². The van der Waals surface area contributed by atoms with Gasteiger partial charge in [0, 0.05) is 31.0 Å². The van der Waals surface area contributed by atoms with E-state index in [1.54, 1.807) is 0 Å². The van der Waals surface area contributed by atoms with Gasteiger partial charge in [0.25, 0.3) is 0 Å². The third kappa shape index (κ3) is 16.1. The Balaban J connectivity index is 0.000000473. The van der Waals surface area contributed by atoms with Gasteiger partial charge < -0.3 is 14.8 Å². The predicted octanol–water partition coefficient (Wildman–Crippen LogP) is 5.92. The predicted molar refractivity (Wildman–Crippen MR) is 129 cm³/mol. The maximum atomic E-state index is 9.81. The topological polar surface area (TPSA) is 106 Å². The molecule has 10 heteroatoms. The molecule has 0 aliphatic rings. The summed E-state index contributed by atoms with van der Waals surface area (Å²) in [4.78, 5) is 31.4. The van der Waals surface area contributed by atoms with Crippen molar-refractivity contribution in [3.63, 3.8) is 0 Å². The van der Waals surface area contributed by atoms with Gasteiger partial charge in [-0.25, -0.2) is 4.98 Å². The maximum Gasteiger partial charge on any atom is 0.329 e. The van der Waals surface area contributed by atoms with Crippen molar-refractivity contribution in [2.75, 3.05) is 0 Å². The van der Waals surface area contributed by atoms with Crippen LogP contribution in [-0.4, -0.2) is 33.3 Å². The minimum absolute atomic E-state index is 0.252. The molecule has 0 unspecified atom stereocenters. The molecular formula is C22H32N4O4S2. The van der Waals surface area contributed by atoms with Crippen molar-refractivity contribution in [1.29, 1.82) is 0 Å². The van der Waals surface area contributed by atoms with Gasteiger partial charge in [-0.3, -0.25) is 9.59 Å². The van der Waals surface area contributed by atoms with Crippen molar-refractivity contribution >= 4 is 46.0 Å². The molecule has 0 fully saturated rings. The quantitative estimate of drug-likeness (QED) is 0.146. The van der Waals surface area contributed by atoms with Crippen molar-refractivity contribution in [1.82, 2.24) is 9.97 Å². The van der Waals surface area contributed by atoms with Gasteiger partial charge in [0.05, 0.1) is 5.69 Å². The highest BCUT2D eigenvalue weighted by molar-refractivity contribution is 7.13. The first-order valence-corrected chi connectivity index (χ1v) is 11.5. The van der Waals surface area contributed by atoms with Gasteiger partial charge in [-0.2, -0.15) is 0 Å². The van der Waals surface area contributed by atoms with Crippen LogP contribution in [0.4, 0.5) is 5.13 Å². The zero-order chi connectivity index (χ0) is 24.9. The number of hydrogen-bond acceptors (Lipinski definition) is 9. The lowest BCUT2D eigenvalue weighted by Crippen LogP contribution is -2.09. The second-order valence-electron chi connectivity index (χ2n) is 9.21. The third-order valence-electron chi connectivity index (χ3n) is 3.08. The van der Waals surface area contributed by atoms with E-state index in [2.05, 4.69) is 66.2 Å². The Labute approximate surface area is 198 Å². The Bertz CT molecular complexity index is 917. The van der Waals surface area contributed by atoms with Crippen LogP contribution in [0.15, 0.2) is 15.9 Å². The molecule has 176 valence electrons. The Morgan fingerprint density at radius 2 is 1.50 bits per heavy atom. The molecule has 0 spiro atoms. The van der Waals surface area contributed by atoms with Crippen LogP contribution in [0.3, 0.4) is 0 Å². The number of rotatable bonds is 3. The Kier molecular flexibility index (Phi) is 12.6. The van der Waals surface area contributed by atoms with Crippen LogP contribution in [0, 0.1) is 17.4 Å². The van der Waals surface area contributed by atoms with E-state index in [0.717, 1.165) is 29.2 Å². The molecule has 0 aromatic carbocycles. The maximum absolute atomic E-state index is 9.81. The zero-order valence-electron chi connectivity index (χ0n) is 19.9. The van der Waals surface area contributed by atoms with Crippen LogP contribution in [-0.2, 0) is 27.2 Å². The van der Waals surface area contributed by atoms with Crippen LogP contribution in [0.25, 0.3) is 4.85 Å². The number of nitrogens with zero attached hydrogens (tertiary/aromatic N) is 4.